The van der Waals surface area contributed by atoms with Crippen LogP contribution < -0.4 is 0 Å². The number of aryl methyl sites for hydroxylation is 1. The van der Waals surface area contributed by atoms with Crippen LogP contribution >= 0.6 is 0 Å². The summed E-state index contributed by atoms with van der Waals surface area (Å²) in [6.45, 7) is 3.53. The number of hydrogen-bond acceptors (Lipinski definition) is 3. The lowest BCUT2D eigenvalue weighted by molar-refractivity contribution is 0.0967. The number of carbonyl (C=O) groups is 1. The van der Waals surface area contributed by atoms with Crippen LogP contribution in [-0.2, 0) is 6.54 Å². The van der Waals surface area contributed by atoms with Gasteiger partial charge in [-0.2, -0.15) is 0 Å². The van der Waals surface area contributed by atoms with Crippen molar-refractivity contribution >= 4 is 5.78 Å². The van der Waals surface area contributed by atoms with E-state index in [-0.39, 0.29) is 5.78 Å². The lowest BCUT2D eigenvalue weighted by Crippen LogP contribution is -2.22. The summed E-state index contributed by atoms with van der Waals surface area (Å²) in [5.74, 6) is 0.192. The fourth-order valence-corrected chi connectivity index (χ4v) is 2.02. The molecule has 0 aliphatic rings. The fourth-order valence-electron chi connectivity index (χ4n) is 2.02. The van der Waals surface area contributed by atoms with E-state index in [2.05, 4.69) is 9.88 Å². The van der Waals surface area contributed by atoms with Gasteiger partial charge < -0.3 is 4.90 Å². The first kappa shape index (κ1) is 14.4. The molecule has 0 aliphatic carbocycles. The van der Waals surface area contributed by atoms with Gasteiger partial charge in [0.2, 0.25) is 0 Å². The topological polar surface area (TPSA) is 33.2 Å². The number of nitrogens with zero attached hydrogens (tertiary/aromatic N) is 2. The standard InChI is InChI=1S/C17H20N2O/c1-14-6-8-15(9-7-14)17(20)10-12-19(2)13-16-5-3-4-11-18-16/h3-9,11H,10,12-13H2,1-2H3. The van der Waals surface area contributed by atoms with Crippen LogP contribution in [0.3, 0.4) is 0 Å². The summed E-state index contributed by atoms with van der Waals surface area (Å²) in [6.07, 6.45) is 2.33. The predicted octanol–water partition coefficient (Wildman–Crippen LogP) is 3.09. The van der Waals surface area contributed by atoms with E-state index in [0.29, 0.717) is 6.42 Å². The van der Waals surface area contributed by atoms with Crippen molar-refractivity contribution in [2.45, 2.75) is 19.9 Å². The summed E-state index contributed by atoms with van der Waals surface area (Å²) in [5.41, 5.74) is 2.99. The largest absolute Gasteiger partial charge is 0.300 e. The second kappa shape index (κ2) is 6.96. The van der Waals surface area contributed by atoms with Crippen LogP contribution in [-0.4, -0.2) is 29.3 Å². The van der Waals surface area contributed by atoms with Gasteiger partial charge in [-0.15, -0.1) is 0 Å². The van der Waals surface area contributed by atoms with Crippen molar-refractivity contribution in [2.24, 2.45) is 0 Å². The molecule has 0 fully saturated rings. The number of aromatic nitrogens is 1. The molecule has 0 saturated heterocycles. The van der Waals surface area contributed by atoms with E-state index >= 15 is 0 Å². The Hall–Kier alpha value is -2.00. The minimum Gasteiger partial charge on any atom is -0.300 e. The number of carbonyl (C=O) groups excluding carboxylic acids is 1. The molecule has 0 unspecified atom stereocenters. The van der Waals surface area contributed by atoms with Crippen molar-refractivity contribution in [1.82, 2.24) is 9.88 Å². The lowest BCUT2D eigenvalue weighted by Gasteiger charge is -2.15. The van der Waals surface area contributed by atoms with Gasteiger partial charge >= 0.3 is 0 Å². The van der Waals surface area contributed by atoms with Crippen molar-refractivity contribution in [2.75, 3.05) is 13.6 Å². The maximum absolute atomic E-state index is 12.1. The van der Waals surface area contributed by atoms with Crippen LogP contribution in [0.2, 0.25) is 0 Å². The molecule has 3 heteroatoms. The predicted molar refractivity (Wildman–Crippen MR) is 80.7 cm³/mol. The third-order valence-corrected chi connectivity index (χ3v) is 3.25. The SMILES string of the molecule is Cc1ccc(C(=O)CCN(C)Cc2ccccn2)cc1. The average Bonchev–Trinajstić information content (AvgIpc) is 2.46. The highest BCUT2D eigenvalue weighted by molar-refractivity contribution is 5.96. The van der Waals surface area contributed by atoms with Crippen molar-refractivity contribution in [3.63, 3.8) is 0 Å². The Morgan fingerprint density at radius 1 is 1.15 bits per heavy atom. The quantitative estimate of drug-likeness (QED) is 0.755. The van der Waals surface area contributed by atoms with Gasteiger partial charge in [-0.25, -0.2) is 0 Å². The maximum atomic E-state index is 12.1. The van der Waals surface area contributed by atoms with Crippen molar-refractivity contribution in [3.05, 3.63) is 65.5 Å². The Kier molecular flexibility index (Phi) is 5.02. The number of benzene rings is 1. The second-order valence-corrected chi connectivity index (χ2v) is 5.10. The van der Waals surface area contributed by atoms with Crippen molar-refractivity contribution < 1.29 is 4.79 Å². The molecule has 1 heterocycles. The van der Waals surface area contributed by atoms with Gasteiger partial charge in [-0.05, 0) is 26.1 Å². The smallest absolute Gasteiger partial charge is 0.164 e. The van der Waals surface area contributed by atoms with Gasteiger partial charge in [0.15, 0.2) is 5.78 Å². The Morgan fingerprint density at radius 3 is 2.55 bits per heavy atom. The third kappa shape index (κ3) is 4.28. The molecule has 2 aromatic rings. The van der Waals surface area contributed by atoms with Gasteiger partial charge in [0.05, 0.1) is 5.69 Å². The molecule has 2 rings (SSSR count). The zero-order valence-electron chi connectivity index (χ0n) is 12.0. The summed E-state index contributed by atoms with van der Waals surface area (Å²) < 4.78 is 0. The highest BCUT2D eigenvalue weighted by Crippen LogP contribution is 2.07. The summed E-state index contributed by atoms with van der Waals surface area (Å²) in [5, 5.41) is 0. The van der Waals surface area contributed by atoms with Gasteiger partial charge in [-0.3, -0.25) is 9.78 Å². The maximum Gasteiger partial charge on any atom is 0.164 e. The van der Waals surface area contributed by atoms with Crippen LogP contribution in [0.1, 0.15) is 28.0 Å². The number of rotatable bonds is 6. The van der Waals surface area contributed by atoms with Crippen LogP contribution in [0.15, 0.2) is 48.7 Å². The lowest BCUT2D eigenvalue weighted by atomic mass is 10.1. The number of ketones is 1. The molecule has 104 valence electrons. The molecular formula is C17H20N2O. The highest BCUT2D eigenvalue weighted by atomic mass is 16.1. The molecule has 0 spiro atoms. The molecule has 1 aromatic carbocycles. The Balaban J connectivity index is 1.82. The highest BCUT2D eigenvalue weighted by Gasteiger charge is 2.08. The first-order valence-electron chi connectivity index (χ1n) is 6.83. The van der Waals surface area contributed by atoms with Crippen LogP contribution in [0, 0.1) is 6.92 Å². The summed E-state index contributed by atoms with van der Waals surface area (Å²) in [6, 6.07) is 13.6. The molecule has 1 aromatic heterocycles. The van der Waals surface area contributed by atoms with Gasteiger partial charge in [0, 0.05) is 31.3 Å². The van der Waals surface area contributed by atoms with Gasteiger partial charge in [0.1, 0.15) is 0 Å². The summed E-state index contributed by atoms with van der Waals surface area (Å²) >= 11 is 0. The van der Waals surface area contributed by atoms with E-state index in [1.807, 2.05) is 56.4 Å². The van der Waals surface area contributed by atoms with E-state index in [1.54, 1.807) is 6.20 Å². The summed E-state index contributed by atoms with van der Waals surface area (Å²) in [7, 11) is 2.01. The molecule has 0 N–H and O–H groups in total. The Bertz CT molecular complexity index is 549. The normalized spacial score (nSPS) is 10.8. The van der Waals surface area contributed by atoms with E-state index in [0.717, 1.165) is 24.3 Å². The van der Waals surface area contributed by atoms with E-state index in [1.165, 1.54) is 5.56 Å². The van der Waals surface area contributed by atoms with E-state index in [9.17, 15) is 4.79 Å². The molecule has 0 radical (unpaired) electrons. The molecule has 0 atom stereocenters. The van der Waals surface area contributed by atoms with Gasteiger partial charge in [0.25, 0.3) is 0 Å². The Morgan fingerprint density at radius 2 is 1.90 bits per heavy atom. The molecule has 0 aliphatic heterocycles. The minimum absolute atomic E-state index is 0.192. The Labute approximate surface area is 120 Å². The zero-order valence-corrected chi connectivity index (χ0v) is 12.0. The zero-order chi connectivity index (χ0) is 14.4. The fraction of sp³-hybridized carbons (Fsp3) is 0.294. The molecule has 3 nitrogen and oxygen atoms in total. The number of Topliss-reactive ketones (excluding diaryl/α,β-unsaturated/α-hetero) is 1. The van der Waals surface area contributed by atoms with Crippen LogP contribution in [0.25, 0.3) is 0 Å². The van der Waals surface area contributed by atoms with Crippen LogP contribution in [0.4, 0.5) is 0 Å². The van der Waals surface area contributed by atoms with Crippen LogP contribution in [0.5, 0.6) is 0 Å². The molecule has 0 saturated carbocycles. The van der Waals surface area contributed by atoms with Crippen molar-refractivity contribution in [3.8, 4) is 0 Å². The second-order valence-electron chi connectivity index (χ2n) is 5.10. The molecular weight excluding hydrogens is 248 g/mol. The minimum atomic E-state index is 0.192. The van der Waals surface area contributed by atoms with Gasteiger partial charge in [-0.1, -0.05) is 35.9 Å². The molecule has 0 amide bonds. The number of pyridine rings is 1. The number of hydrogen-bond donors (Lipinski definition) is 0. The third-order valence-electron chi connectivity index (χ3n) is 3.25. The first-order valence-corrected chi connectivity index (χ1v) is 6.83. The van der Waals surface area contributed by atoms with E-state index in [4.69, 9.17) is 0 Å². The van der Waals surface area contributed by atoms with Crippen molar-refractivity contribution in [1.29, 1.82) is 0 Å². The van der Waals surface area contributed by atoms with E-state index < -0.39 is 0 Å². The summed E-state index contributed by atoms with van der Waals surface area (Å²) in [4.78, 5) is 18.5. The average molecular weight is 268 g/mol. The molecule has 0 bridgehead atoms. The first-order chi connectivity index (χ1) is 9.65. The molecule has 20 heavy (non-hydrogen) atoms. The monoisotopic (exact) mass is 268 g/mol.